The molecule has 1 atom stereocenters. The number of likely N-dealkylation sites (N-methyl/N-ethyl adjacent to an activating group) is 1. The summed E-state index contributed by atoms with van der Waals surface area (Å²) in [5, 5.41) is 9.03. The lowest BCUT2D eigenvalue weighted by atomic mass is 9.96. The second kappa shape index (κ2) is 8.18. The van der Waals surface area contributed by atoms with Gasteiger partial charge < -0.3 is 10.0 Å². The van der Waals surface area contributed by atoms with Crippen molar-refractivity contribution in [2.75, 3.05) is 20.1 Å². The zero-order valence-electron chi connectivity index (χ0n) is 15.6. The van der Waals surface area contributed by atoms with Crippen LogP contribution in [0.25, 0.3) is 0 Å². The summed E-state index contributed by atoms with van der Waals surface area (Å²) in [6.07, 6.45) is 0.667. The van der Waals surface area contributed by atoms with E-state index in [1.54, 1.807) is 0 Å². The minimum atomic E-state index is -3.70. The van der Waals surface area contributed by atoms with E-state index < -0.39 is 28.0 Å². The average Bonchev–Trinajstić information content (AvgIpc) is 2.66. The van der Waals surface area contributed by atoms with E-state index in [9.17, 15) is 22.8 Å². The fourth-order valence-electron chi connectivity index (χ4n) is 3.00. The molecule has 2 rings (SSSR count). The first-order chi connectivity index (χ1) is 12.6. The fraction of sp³-hybridized carbons (Fsp3) is 0.500. The van der Waals surface area contributed by atoms with Crippen molar-refractivity contribution in [2.24, 2.45) is 5.92 Å². The molecule has 0 aliphatic carbocycles. The van der Waals surface area contributed by atoms with Gasteiger partial charge in [-0.3, -0.25) is 9.59 Å². The van der Waals surface area contributed by atoms with Gasteiger partial charge in [0, 0.05) is 31.6 Å². The van der Waals surface area contributed by atoms with Crippen LogP contribution in [0, 0.1) is 5.92 Å². The van der Waals surface area contributed by atoms with Crippen molar-refractivity contribution in [3.63, 3.8) is 0 Å². The van der Waals surface area contributed by atoms with Crippen LogP contribution < -0.4 is 0 Å². The molecule has 1 fully saturated rings. The number of aliphatic carboxylic acids is 1. The summed E-state index contributed by atoms with van der Waals surface area (Å²) >= 11 is 0. The zero-order chi connectivity index (χ0) is 20.4. The molecule has 1 N–H and O–H groups in total. The van der Waals surface area contributed by atoms with E-state index in [0.29, 0.717) is 18.4 Å². The Morgan fingerprint density at radius 1 is 1.15 bits per heavy atom. The van der Waals surface area contributed by atoms with E-state index in [0.717, 1.165) is 0 Å². The van der Waals surface area contributed by atoms with E-state index in [1.165, 1.54) is 54.4 Å². The molecule has 1 aromatic rings. The third-order valence-electron chi connectivity index (χ3n) is 4.99. The normalized spacial score (nSPS) is 17.3. The molecule has 1 aliphatic rings. The van der Waals surface area contributed by atoms with Crippen molar-refractivity contribution in [3.8, 4) is 0 Å². The Bertz CT molecular complexity index is 826. The molecule has 1 unspecified atom stereocenters. The first kappa shape index (κ1) is 21.0. The topological polar surface area (TPSA) is 112 Å². The Balaban J connectivity index is 2.04. The molecule has 9 heteroatoms. The summed E-state index contributed by atoms with van der Waals surface area (Å²) in [4.78, 5) is 36.1. The van der Waals surface area contributed by atoms with Gasteiger partial charge in [-0.25, -0.2) is 13.2 Å². The molecular formula is C18H24N2O6S. The number of benzene rings is 1. The van der Waals surface area contributed by atoms with Crippen molar-refractivity contribution in [1.29, 1.82) is 0 Å². The summed E-state index contributed by atoms with van der Waals surface area (Å²) in [6, 6.07) is 4.85. The first-order valence-corrected chi connectivity index (χ1v) is 10.1. The van der Waals surface area contributed by atoms with Crippen LogP contribution in [0.4, 0.5) is 0 Å². The van der Waals surface area contributed by atoms with Gasteiger partial charge in [0.05, 0.1) is 4.90 Å². The summed E-state index contributed by atoms with van der Waals surface area (Å²) in [5.74, 6) is -1.91. The average molecular weight is 396 g/mol. The lowest BCUT2D eigenvalue weighted by molar-refractivity contribution is -0.150. The maximum atomic E-state index is 12.7. The van der Waals surface area contributed by atoms with Crippen LogP contribution in [0.3, 0.4) is 0 Å². The van der Waals surface area contributed by atoms with Gasteiger partial charge in [0.25, 0.3) is 0 Å². The first-order valence-electron chi connectivity index (χ1n) is 8.66. The number of nitrogens with zero attached hydrogens (tertiary/aromatic N) is 2. The molecule has 0 saturated carbocycles. The number of ketones is 1. The zero-order valence-corrected chi connectivity index (χ0v) is 16.4. The van der Waals surface area contributed by atoms with E-state index >= 15 is 0 Å². The molecule has 1 heterocycles. The molecule has 1 aliphatic heterocycles. The van der Waals surface area contributed by atoms with Crippen LogP contribution in [-0.2, 0) is 19.6 Å². The highest BCUT2D eigenvalue weighted by Crippen LogP contribution is 2.25. The molecule has 8 nitrogen and oxygen atoms in total. The number of Topliss-reactive ketones (excluding diaryl/α,β-unsaturated/α-hetero) is 1. The second-order valence-corrected chi connectivity index (χ2v) is 8.66. The van der Waals surface area contributed by atoms with Gasteiger partial charge in [0.2, 0.25) is 15.9 Å². The standard InChI is InChI=1S/C18H24N2O6S/c1-12(18(23)24)19(3)17(22)15-8-10-20(11-9-15)27(25,26)16-6-4-14(5-7-16)13(2)21/h4-7,12,15H,8-11H2,1-3H3,(H,23,24). The number of carbonyl (C=O) groups is 3. The van der Waals surface area contributed by atoms with Crippen molar-refractivity contribution < 1.29 is 27.9 Å². The summed E-state index contributed by atoms with van der Waals surface area (Å²) in [5.41, 5.74) is 0.439. The van der Waals surface area contributed by atoms with Crippen molar-refractivity contribution in [2.45, 2.75) is 37.6 Å². The molecule has 1 saturated heterocycles. The van der Waals surface area contributed by atoms with E-state index in [-0.39, 0.29) is 29.7 Å². The molecule has 1 aromatic carbocycles. The number of amides is 1. The molecule has 0 bridgehead atoms. The number of carbonyl (C=O) groups excluding carboxylic acids is 2. The second-order valence-electron chi connectivity index (χ2n) is 6.72. The Labute approximate surface area is 158 Å². The van der Waals surface area contributed by atoms with Gasteiger partial charge >= 0.3 is 5.97 Å². The molecular weight excluding hydrogens is 372 g/mol. The number of rotatable bonds is 6. The van der Waals surface area contributed by atoms with Crippen LogP contribution >= 0.6 is 0 Å². The SMILES string of the molecule is CC(=O)c1ccc(S(=O)(=O)N2CCC(C(=O)N(C)C(C)C(=O)O)CC2)cc1. The Hall–Kier alpha value is -2.26. The lowest BCUT2D eigenvalue weighted by Crippen LogP contribution is -2.47. The van der Waals surface area contributed by atoms with Gasteiger partial charge in [-0.15, -0.1) is 0 Å². The molecule has 0 radical (unpaired) electrons. The third kappa shape index (κ3) is 4.54. The Kier molecular flexibility index (Phi) is 6.38. The molecule has 27 heavy (non-hydrogen) atoms. The van der Waals surface area contributed by atoms with Crippen molar-refractivity contribution >= 4 is 27.7 Å². The largest absolute Gasteiger partial charge is 0.480 e. The summed E-state index contributed by atoms with van der Waals surface area (Å²) in [6.45, 7) is 3.21. The van der Waals surface area contributed by atoms with E-state index in [1.807, 2.05) is 0 Å². The summed E-state index contributed by atoms with van der Waals surface area (Å²) < 4.78 is 26.8. The van der Waals surface area contributed by atoms with Crippen LogP contribution in [0.5, 0.6) is 0 Å². The summed E-state index contributed by atoms with van der Waals surface area (Å²) in [7, 11) is -2.26. The van der Waals surface area contributed by atoms with Crippen LogP contribution in [0.1, 0.15) is 37.0 Å². The minimum Gasteiger partial charge on any atom is -0.480 e. The molecule has 148 valence electrons. The van der Waals surface area contributed by atoms with Crippen LogP contribution in [0.15, 0.2) is 29.2 Å². The van der Waals surface area contributed by atoms with Gasteiger partial charge in [-0.05, 0) is 38.8 Å². The predicted molar refractivity (Wildman–Crippen MR) is 97.8 cm³/mol. The van der Waals surface area contributed by atoms with Gasteiger partial charge in [-0.1, -0.05) is 12.1 Å². The monoisotopic (exact) mass is 396 g/mol. The number of hydrogen-bond acceptors (Lipinski definition) is 5. The van der Waals surface area contributed by atoms with Crippen molar-refractivity contribution in [1.82, 2.24) is 9.21 Å². The number of piperidine rings is 1. The number of hydrogen-bond donors (Lipinski definition) is 1. The smallest absolute Gasteiger partial charge is 0.326 e. The number of carboxylic acids is 1. The third-order valence-corrected chi connectivity index (χ3v) is 6.90. The number of carboxylic acid groups (broad SMARTS) is 1. The molecule has 0 spiro atoms. The Morgan fingerprint density at radius 3 is 2.11 bits per heavy atom. The van der Waals surface area contributed by atoms with Crippen LogP contribution in [0.2, 0.25) is 0 Å². The number of sulfonamides is 1. The van der Waals surface area contributed by atoms with E-state index in [2.05, 4.69) is 0 Å². The lowest BCUT2D eigenvalue weighted by Gasteiger charge is -2.33. The van der Waals surface area contributed by atoms with Gasteiger partial charge in [0.15, 0.2) is 5.78 Å². The van der Waals surface area contributed by atoms with Crippen LogP contribution in [-0.4, -0.2) is 66.6 Å². The minimum absolute atomic E-state index is 0.105. The quantitative estimate of drug-likeness (QED) is 0.724. The van der Waals surface area contributed by atoms with Gasteiger partial charge in [0.1, 0.15) is 6.04 Å². The van der Waals surface area contributed by atoms with E-state index in [4.69, 9.17) is 5.11 Å². The predicted octanol–water partition coefficient (Wildman–Crippen LogP) is 1.22. The molecule has 0 aromatic heterocycles. The maximum Gasteiger partial charge on any atom is 0.326 e. The molecule has 1 amide bonds. The Morgan fingerprint density at radius 2 is 1.67 bits per heavy atom. The van der Waals surface area contributed by atoms with Gasteiger partial charge in [-0.2, -0.15) is 4.31 Å². The highest BCUT2D eigenvalue weighted by Gasteiger charge is 2.34. The highest BCUT2D eigenvalue weighted by molar-refractivity contribution is 7.89. The van der Waals surface area contributed by atoms with Crippen molar-refractivity contribution in [3.05, 3.63) is 29.8 Å². The maximum absolute atomic E-state index is 12.7. The highest BCUT2D eigenvalue weighted by atomic mass is 32.2. The fourth-order valence-corrected chi connectivity index (χ4v) is 4.47.